The fraction of sp³-hybridized carbons (Fsp3) is 0.600. The highest BCUT2D eigenvalue weighted by atomic mass is 19.4. The molecular formula is C15H23F3N2. The molecule has 0 fully saturated rings. The number of nitrogens with zero attached hydrogens (tertiary/aromatic N) is 1. The molecule has 1 aromatic rings. The Labute approximate surface area is 119 Å². The van der Waals surface area contributed by atoms with Crippen LogP contribution in [-0.2, 0) is 6.54 Å². The molecule has 1 N–H and O–H groups in total. The van der Waals surface area contributed by atoms with Crippen molar-refractivity contribution >= 4 is 5.69 Å². The number of hydrogen-bond acceptors (Lipinski definition) is 2. The molecule has 0 aliphatic rings. The van der Waals surface area contributed by atoms with Gasteiger partial charge in [0, 0.05) is 18.8 Å². The van der Waals surface area contributed by atoms with Crippen molar-refractivity contribution in [2.75, 3.05) is 24.5 Å². The number of benzene rings is 1. The molecule has 0 saturated carbocycles. The van der Waals surface area contributed by atoms with E-state index in [0.717, 1.165) is 30.6 Å². The maximum atomic E-state index is 12.5. The standard InChI is InChI=1S/C15H23F3N2/c1-4-8-19-10-13-6-7-14(9-12(13)3)20(5-2)11-15(16,17)18/h6-7,9,19H,4-5,8,10-11H2,1-3H3. The van der Waals surface area contributed by atoms with E-state index in [1.165, 1.54) is 4.90 Å². The average Bonchev–Trinajstić information content (AvgIpc) is 2.37. The van der Waals surface area contributed by atoms with Gasteiger partial charge in [-0.15, -0.1) is 0 Å². The second-order valence-electron chi connectivity index (χ2n) is 4.92. The average molecular weight is 288 g/mol. The molecule has 0 bridgehead atoms. The first-order valence-corrected chi connectivity index (χ1v) is 6.99. The lowest BCUT2D eigenvalue weighted by atomic mass is 10.1. The highest BCUT2D eigenvalue weighted by Gasteiger charge is 2.30. The number of hydrogen-bond donors (Lipinski definition) is 1. The Bertz CT molecular complexity index is 416. The summed E-state index contributed by atoms with van der Waals surface area (Å²) < 4.78 is 37.5. The van der Waals surface area contributed by atoms with E-state index < -0.39 is 12.7 Å². The van der Waals surface area contributed by atoms with Gasteiger partial charge in [-0.05, 0) is 50.1 Å². The van der Waals surface area contributed by atoms with E-state index in [4.69, 9.17) is 0 Å². The van der Waals surface area contributed by atoms with Crippen LogP contribution in [0.15, 0.2) is 18.2 Å². The number of rotatable bonds is 7. The zero-order valence-corrected chi connectivity index (χ0v) is 12.3. The van der Waals surface area contributed by atoms with Crippen LogP contribution in [0.4, 0.5) is 18.9 Å². The Morgan fingerprint density at radius 1 is 1.20 bits per heavy atom. The van der Waals surface area contributed by atoms with Gasteiger partial charge >= 0.3 is 6.18 Å². The topological polar surface area (TPSA) is 15.3 Å². The van der Waals surface area contributed by atoms with E-state index in [0.29, 0.717) is 12.2 Å². The summed E-state index contributed by atoms with van der Waals surface area (Å²) in [5.74, 6) is 0. The van der Waals surface area contributed by atoms with Crippen molar-refractivity contribution in [2.45, 2.75) is 39.9 Å². The third-order valence-corrected chi connectivity index (χ3v) is 3.19. The van der Waals surface area contributed by atoms with Crippen molar-refractivity contribution in [3.05, 3.63) is 29.3 Å². The van der Waals surface area contributed by atoms with Gasteiger partial charge in [0.05, 0.1) is 0 Å². The number of nitrogens with one attached hydrogen (secondary N) is 1. The van der Waals surface area contributed by atoms with Crippen LogP contribution < -0.4 is 10.2 Å². The lowest BCUT2D eigenvalue weighted by Crippen LogP contribution is -2.34. The van der Waals surface area contributed by atoms with E-state index in [1.54, 1.807) is 13.0 Å². The van der Waals surface area contributed by atoms with Crippen LogP contribution in [0.3, 0.4) is 0 Å². The Kier molecular flexibility index (Phi) is 6.33. The summed E-state index contributed by atoms with van der Waals surface area (Å²) in [4.78, 5) is 1.34. The zero-order valence-electron chi connectivity index (χ0n) is 12.3. The summed E-state index contributed by atoms with van der Waals surface area (Å²) >= 11 is 0. The van der Waals surface area contributed by atoms with Crippen LogP contribution in [-0.4, -0.2) is 25.8 Å². The molecule has 2 nitrogen and oxygen atoms in total. The minimum atomic E-state index is -4.18. The lowest BCUT2D eigenvalue weighted by molar-refractivity contribution is -0.119. The predicted octanol–water partition coefficient (Wildman–Crippen LogP) is 3.88. The van der Waals surface area contributed by atoms with Crippen molar-refractivity contribution in [1.82, 2.24) is 5.32 Å². The molecule has 0 amide bonds. The summed E-state index contributed by atoms with van der Waals surface area (Å²) in [6.45, 7) is 6.90. The summed E-state index contributed by atoms with van der Waals surface area (Å²) in [7, 11) is 0. The smallest absolute Gasteiger partial charge is 0.363 e. The molecular weight excluding hydrogens is 265 g/mol. The summed E-state index contributed by atoms with van der Waals surface area (Å²) in [5.41, 5.74) is 2.78. The summed E-state index contributed by atoms with van der Waals surface area (Å²) in [6, 6.07) is 5.51. The maximum Gasteiger partial charge on any atom is 0.405 e. The number of halogens is 3. The van der Waals surface area contributed by atoms with Gasteiger partial charge in [0.25, 0.3) is 0 Å². The molecule has 0 unspecified atom stereocenters. The van der Waals surface area contributed by atoms with E-state index in [1.807, 2.05) is 19.1 Å². The van der Waals surface area contributed by atoms with E-state index >= 15 is 0 Å². The second kappa shape index (κ2) is 7.53. The van der Waals surface area contributed by atoms with Crippen LogP contribution in [0.1, 0.15) is 31.4 Å². The normalized spacial score (nSPS) is 11.7. The van der Waals surface area contributed by atoms with Crippen molar-refractivity contribution in [3.63, 3.8) is 0 Å². The van der Waals surface area contributed by atoms with Gasteiger partial charge in [-0.1, -0.05) is 13.0 Å². The fourth-order valence-corrected chi connectivity index (χ4v) is 2.08. The van der Waals surface area contributed by atoms with Crippen LogP contribution in [0, 0.1) is 6.92 Å². The van der Waals surface area contributed by atoms with E-state index in [2.05, 4.69) is 12.2 Å². The van der Waals surface area contributed by atoms with E-state index in [-0.39, 0.29) is 0 Å². The third-order valence-electron chi connectivity index (χ3n) is 3.19. The van der Waals surface area contributed by atoms with E-state index in [9.17, 15) is 13.2 Å². The second-order valence-corrected chi connectivity index (χ2v) is 4.92. The molecule has 0 aromatic heterocycles. The predicted molar refractivity (Wildman–Crippen MR) is 77.1 cm³/mol. The number of aryl methyl sites for hydroxylation is 1. The molecule has 0 spiro atoms. The Morgan fingerprint density at radius 3 is 2.40 bits per heavy atom. The largest absolute Gasteiger partial charge is 0.405 e. The van der Waals surface area contributed by atoms with Crippen LogP contribution >= 0.6 is 0 Å². The molecule has 0 aliphatic heterocycles. The first-order chi connectivity index (χ1) is 9.37. The van der Waals surface area contributed by atoms with Crippen LogP contribution in [0.25, 0.3) is 0 Å². The van der Waals surface area contributed by atoms with Crippen LogP contribution in [0.2, 0.25) is 0 Å². The first-order valence-electron chi connectivity index (χ1n) is 6.99. The van der Waals surface area contributed by atoms with Gasteiger partial charge in [0.15, 0.2) is 0 Å². The highest BCUT2D eigenvalue weighted by molar-refractivity contribution is 5.51. The molecule has 0 radical (unpaired) electrons. The van der Waals surface area contributed by atoms with Gasteiger partial charge in [0.1, 0.15) is 6.54 Å². The Hall–Kier alpha value is -1.23. The summed E-state index contributed by atoms with van der Waals surface area (Å²) in [5, 5.41) is 3.30. The fourth-order valence-electron chi connectivity index (χ4n) is 2.08. The number of alkyl halides is 3. The molecule has 1 aromatic carbocycles. The third kappa shape index (κ3) is 5.41. The van der Waals surface area contributed by atoms with Gasteiger partial charge < -0.3 is 10.2 Å². The Morgan fingerprint density at radius 2 is 1.90 bits per heavy atom. The first kappa shape index (κ1) is 16.8. The molecule has 0 heterocycles. The molecule has 20 heavy (non-hydrogen) atoms. The molecule has 1 rings (SSSR count). The van der Waals surface area contributed by atoms with Crippen molar-refractivity contribution in [2.24, 2.45) is 0 Å². The van der Waals surface area contributed by atoms with Gasteiger partial charge in [-0.3, -0.25) is 0 Å². The van der Waals surface area contributed by atoms with Gasteiger partial charge in [-0.2, -0.15) is 13.2 Å². The van der Waals surface area contributed by atoms with Crippen molar-refractivity contribution in [3.8, 4) is 0 Å². The minimum absolute atomic E-state index is 0.340. The van der Waals surface area contributed by atoms with Gasteiger partial charge in [0.2, 0.25) is 0 Å². The quantitative estimate of drug-likeness (QED) is 0.766. The molecule has 0 atom stereocenters. The molecule has 0 saturated heterocycles. The highest BCUT2D eigenvalue weighted by Crippen LogP contribution is 2.24. The lowest BCUT2D eigenvalue weighted by Gasteiger charge is -2.25. The maximum absolute atomic E-state index is 12.5. The van der Waals surface area contributed by atoms with Crippen molar-refractivity contribution < 1.29 is 13.2 Å². The number of anilines is 1. The minimum Gasteiger partial charge on any atom is -0.363 e. The Balaban J connectivity index is 2.78. The summed E-state index contributed by atoms with van der Waals surface area (Å²) in [6.07, 6.45) is -3.11. The molecule has 5 heteroatoms. The van der Waals surface area contributed by atoms with Crippen LogP contribution in [0.5, 0.6) is 0 Å². The molecule has 0 aliphatic carbocycles. The molecule has 114 valence electrons. The monoisotopic (exact) mass is 288 g/mol. The zero-order chi connectivity index (χ0) is 15.2. The SMILES string of the molecule is CCCNCc1ccc(N(CC)CC(F)(F)F)cc1C. The van der Waals surface area contributed by atoms with Gasteiger partial charge in [-0.25, -0.2) is 0 Å². The van der Waals surface area contributed by atoms with Crippen molar-refractivity contribution in [1.29, 1.82) is 0 Å².